The van der Waals surface area contributed by atoms with Crippen LogP contribution in [0, 0.1) is 5.92 Å². The van der Waals surface area contributed by atoms with E-state index >= 15 is 0 Å². The molecule has 0 saturated carbocycles. The van der Waals surface area contributed by atoms with Crippen LogP contribution in [-0.4, -0.2) is 36.6 Å². The zero-order valence-corrected chi connectivity index (χ0v) is 13.9. The molecule has 1 heterocycles. The summed E-state index contributed by atoms with van der Waals surface area (Å²) in [6, 6.07) is 4.42. The molecular formula is C15H19Cl2NO4. The maximum absolute atomic E-state index is 11.2. The summed E-state index contributed by atoms with van der Waals surface area (Å²) in [5.74, 6) is -0.855. The van der Waals surface area contributed by atoms with Crippen LogP contribution in [-0.2, 0) is 20.9 Å². The topological polar surface area (TPSA) is 67.8 Å². The summed E-state index contributed by atoms with van der Waals surface area (Å²) in [5, 5.41) is 13.1. The van der Waals surface area contributed by atoms with E-state index in [4.69, 9.17) is 32.7 Å². The van der Waals surface area contributed by atoms with Gasteiger partial charge in [-0.25, -0.2) is 0 Å². The van der Waals surface area contributed by atoms with Gasteiger partial charge in [0.1, 0.15) is 6.04 Å². The average molecular weight is 348 g/mol. The molecule has 1 aromatic rings. The van der Waals surface area contributed by atoms with Crippen molar-refractivity contribution < 1.29 is 19.4 Å². The third-order valence-electron chi connectivity index (χ3n) is 3.77. The van der Waals surface area contributed by atoms with Crippen molar-refractivity contribution in [1.29, 1.82) is 0 Å². The zero-order chi connectivity index (χ0) is 16.3. The molecule has 1 aliphatic heterocycles. The largest absolute Gasteiger partial charge is 0.480 e. The first-order chi connectivity index (χ1) is 10.4. The number of aliphatic carboxylic acids is 1. The Labute approximate surface area is 139 Å². The standard InChI is InChI=1S/C15H19Cl2NO4/c1-8-5-12(22-14(8)13(18-2)15(19)20)21-7-9-6-10(16)3-4-11(9)17/h3-4,6,8,12-14,18H,5,7H2,1-2H3,(H,19,20)/t8-,12?,13?,14-/m1/s1. The van der Waals surface area contributed by atoms with E-state index < -0.39 is 24.4 Å². The Hall–Kier alpha value is -0.850. The minimum atomic E-state index is -0.933. The summed E-state index contributed by atoms with van der Waals surface area (Å²) in [6.07, 6.45) is -0.249. The number of hydrogen-bond acceptors (Lipinski definition) is 4. The van der Waals surface area contributed by atoms with Crippen LogP contribution >= 0.6 is 23.2 Å². The molecular weight excluding hydrogens is 329 g/mol. The Bertz CT molecular complexity index is 540. The minimum Gasteiger partial charge on any atom is -0.480 e. The van der Waals surface area contributed by atoms with E-state index in [1.165, 1.54) is 0 Å². The highest BCUT2D eigenvalue weighted by molar-refractivity contribution is 6.33. The highest BCUT2D eigenvalue weighted by atomic mass is 35.5. The molecule has 0 aliphatic carbocycles. The number of halogens is 2. The van der Waals surface area contributed by atoms with Crippen LogP contribution in [0.4, 0.5) is 0 Å². The van der Waals surface area contributed by atoms with Crippen molar-refractivity contribution in [3.8, 4) is 0 Å². The van der Waals surface area contributed by atoms with E-state index in [0.717, 1.165) is 5.56 Å². The van der Waals surface area contributed by atoms with Gasteiger partial charge in [0.05, 0.1) is 12.7 Å². The first kappa shape index (κ1) is 17.5. The van der Waals surface area contributed by atoms with E-state index in [1.54, 1.807) is 25.2 Å². The lowest BCUT2D eigenvalue weighted by Gasteiger charge is -2.22. The number of carbonyl (C=O) groups is 1. The van der Waals surface area contributed by atoms with Gasteiger partial charge in [-0.1, -0.05) is 30.1 Å². The Morgan fingerprint density at radius 1 is 1.55 bits per heavy atom. The van der Waals surface area contributed by atoms with Gasteiger partial charge in [0, 0.05) is 16.5 Å². The molecule has 2 rings (SSSR count). The van der Waals surface area contributed by atoms with Crippen molar-refractivity contribution in [3.63, 3.8) is 0 Å². The van der Waals surface area contributed by atoms with Gasteiger partial charge in [0.15, 0.2) is 6.29 Å². The number of likely N-dealkylation sites (N-methyl/N-ethyl adjacent to an activating group) is 1. The molecule has 0 bridgehead atoms. The summed E-state index contributed by atoms with van der Waals surface area (Å²) in [7, 11) is 1.61. The smallest absolute Gasteiger partial charge is 0.323 e. The summed E-state index contributed by atoms with van der Waals surface area (Å²) >= 11 is 12.0. The van der Waals surface area contributed by atoms with Crippen LogP contribution in [0.2, 0.25) is 10.0 Å². The number of hydrogen-bond donors (Lipinski definition) is 2. The number of carboxylic acids is 1. The second-order valence-corrected chi connectivity index (χ2v) is 6.24. The molecule has 4 atom stereocenters. The molecule has 0 spiro atoms. The van der Waals surface area contributed by atoms with E-state index in [2.05, 4.69) is 5.32 Å². The molecule has 1 aliphatic rings. The molecule has 5 nitrogen and oxygen atoms in total. The highest BCUT2D eigenvalue weighted by Gasteiger charge is 2.40. The lowest BCUT2D eigenvalue weighted by molar-refractivity contribution is -0.160. The molecule has 2 N–H and O–H groups in total. The van der Waals surface area contributed by atoms with E-state index in [9.17, 15) is 9.90 Å². The van der Waals surface area contributed by atoms with Crippen molar-refractivity contribution >= 4 is 29.2 Å². The lowest BCUT2D eigenvalue weighted by atomic mass is 9.97. The monoisotopic (exact) mass is 347 g/mol. The summed E-state index contributed by atoms with van der Waals surface area (Å²) < 4.78 is 11.5. The first-order valence-electron chi connectivity index (χ1n) is 7.03. The van der Waals surface area contributed by atoms with Crippen LogP contribution in [0.5, 0.6) is 0 Å². The molecule has 1 fully saturated rings. The van der Waals surface area contributed by atoms with Crippen LogP contribution in [0.3, 0.4) is 0 Å². The fraction of sp³-hybridized carbons (Fsp3) is 0.533. The second kappa shape index (κ2) is 7.62. The molecule has 22 heavy (non-hydrogen) atoms. The Morgan fingerprint density at radius 3 is 2.91 bits per heavy atom. The van der Waals surface area contributed by atoms with Crippen molar-refractivity contribution in [2.45, 2.75) is 38.4 Å². The van der Waals surface area contributed by atoms with Crippen LogP contribution in [0.15, 0.2) is 18.2 Å². The van der Waals surface area contributed by atoms with E-state index in [0.29, 0.717) is 16.5 Å². The summed E-state index contributed by atoms with van der Waals surface area (Å²) in [4.78, 5) is 11.2. The van der Waals surface area contributed by atoms with Gasteiger partial charge in [-0.15, -0.1) is 0 Å². The summed E-state index contributed by atoms with van der Waals surface area (Å²) in [6.45, 7) is 2.22. The van der Waals surface area contributed by atoms with Gasteiger partial charge >= 0.3 is 5.97 Å². The van der Waals surface area contributed by atoms with Gasteiger partial charge in [0.25, 0.3) is 0 Å². The van der Waals surface area contributed by atoms with E-state index in [1.807, 2.05) is 6.92 Å². The number of ether oxygens (including phenoxy) is 2. The van der Waals surface area contributed by atoms with Crippen molar-refractivity contribution in [3.05, 3.63) is 33.8 Å². The maximum Gasteiger partial charge on any atom is 0.323 e. The van der Waals surface area contributed by atoms with Gasteiger partial charge < -0.3 is 19.9 Å². The van der Waals surface area contributed by atoms with Crippen LogP contribution in [0.25, 0.3) is 0 Å². The van der Waals surface area contributed by atoms with Crippen molar-refractivity contribution in [1.82, 2.24) is 5.32 Å². The third-order valence-corrected chi connectivity index (χ3v) is 4.38. The minimum absolute atomic E-state index is 0.0772. The fourth-order valence-corrected chi connectivity index (χ4v) is 2.95. The van der Waals surface area contributed by atoms with Crippen molar-refractivity contribution in [2.75, 3.05) is 7.05 Å². The molecule has 2 unspecified atom stereocenters. The Morgan fingerprint density at radius 2 is 2.27 bits per heavy atom. The SMILES string of the molecule is CNC(C(=O)O)[C@@H]1OC(OCc2cc(Cl)ccc2Cl)C[C@H]1C. The Kier molecular flexibility index (Phi) is 6.06. The zero-order valence-electron chi connectivity index (χ0n) is 12.4. The molecule has 122 valence electrons. The maximum atomic E-state index is 11.2. The second-order valence-electron chi connectivity index (χ2n) is 5.39. The molecule has 7 heteroatoms. The molecule has 0 radical (unpaired) electrons. The molecule has 0 aromatic heterocycles. The number of benzene rings is 1. The first-order valence-corrected chi connectivity index (χ1v) is 7.79. The Balaban J connectivity index is 1.95. The van der Waals surface area contributed by atoms with Crippen LogP contribution < -0.4 is 5.32 Å². The quantitative estimate of drug-likeness (QED) is 0.827. The van der Waals surface area contributed by atoms with Crippen LogP contribution in [0.1, 0.15) is 18.9 Å². The van der Waals surface area contributed by atoms with Gasteiger partial charge in [-0.3, -0.25) is 4.79 Å². The van der Waals surface area contributed by atoms with E-state index in [-0.39, 0.29) is 12.5 Å². The lowest BCUT2D eigenvalue weighted by Crippen LogP contribution is -2.46. The number of rotatable bonds is 6. The molecule has 0 amide bonds. The van der Waals surface area contributed by atoms with Gasteiger partial charge in [-0.2, -0.15) is 0 Å². The predicted octanol–water partition coefficient (Wildman–Crippen LogP) is 2.93. The average Bonchev–Trinajstić information content (AvgIpc) is 2.81. The molecule has 1 aromatic carbocycles. The highest BCUT2D eigenvalue weighted by Crippen LogP contribution is 2.30. The molecule has 1 saturated heterocycles. The number of carboxylic acid groups (broad SMARTS) is 1. The van der Waals surface area contributed by atoms with Gasteiger partial charge in [0.2, 0.25) is 0 Å². The number of nitrogens with one attached hydrogen (secondary N) is 1. The summed E-state index contributed by atoms with van der Waals surface area (Å²) in [5.41, 5.74) is 0.775. The predicted molar refractivity (Wildman–Crippen MR) is 84.2 cm³/mol. The third kappa shape index (κ3) is 4.12. The fourth-order valence-electron chi connectivity index (χ4n) is 2.58. The normalized spacial score (nSPS) is 26.1. The van der Waals surface area contributed by atoms with Crippen molar-refractivity contribution in [2.24, 2.45) is 5.92 Å². The van der Waals surface area contributed by atoms with Gasteiger partial charge in [-0.05, 0) is 36.7 Å².